The second kappa shape index (κ2) is 7.51. The predicted molar refractivity (Wildman–Crippen MR) is 90.5 cm³/mol. The van der Waals surface area contributed by atoms with E-state index in [1.165, 1.54) is 11.6 Å². The van der Waals surface area contributed by atoms with E-state index in [9.17, 15) is 9.18 Å². The van der Waals surface area contributed by atoms with Gasteiger partial charge in [0.2, 0.25) is 0 Å². The second-order valence-electron chi connectivity index (χ2n) is 5.21. The molecule has 2 aromatic carbocycles. The van der Waals surface area contributed by atoms with Gasteiger partial charge in [0.25, 0.3) is 0 Å². The van der Waals surface area contributed by atoms with Crippen molar-refractivity contribution in [1.82, 2.24) is 0 Å². The van der Waals surface area contributed by atoms with Gasteiger partial charge in [-0.05, 0) is 48.6 Å². The Kier molecular flexibility index (Phi) is 5.68. The van der Waals surface area contributed by atoms with Gasteiger partial charge in [-0.25, -0.2) is 9.18 Å². The average molecular weight is 318 g/mol. The van der Waals surface area contributed by atoms with E-state index in [4.69, 9.17) is 4.74 Å². The van der Waals surface area contributed by atoms with Gasteiger partial charge < -0.3 is 4.74 Å². The van der Waals surface area contributed by atoms with Crippen molar-refractivity contribution < 1.29 is 13.9 Å². The minimum Gasteiger partial charge on any atom is -0.423 e. The molecule has 0 saturated carbocycles. The molecule has 4 heteroatoms. The van der Waals surface area contributed by atoms with Crippen LogP contribution in [0.25, 0.3) is 0 Å². The fraction of sp³-hybridized carbons (Fsp3) is 0.278. The first-order valence-electron chi connectivity index (χ1n) is 7.42. The second-order valence-corrected chi connectivity index (χ2v) is 5.83. The van der Waals surface area contributed by atoms with Crippen molar-refractivity contribution in [3.05, 3.63) is 59.4 Å². The van der Waals surface area contributed by atoms with E-state index < -0.39 is 11.8 Å². The summed E-state index contributed by atoms with van der Waals surface area (Å²) in [5.74, 6) is -0.182. The van der Waals surface area contributed by atoms with E-state index in [1.807, 2.05) is 12.1 Å². The SMILES string of the molecule is CCC(CC)c1ccc(C(=O)Oc2ccc(P)c(F)c2)cc1. The zero-order chi connectivity index (χ0) is 16.1. The monoisotopic (exact) mass is 318 g/mol. The molecule has 116 valence electrons. The maximum atomic E-state index is 13.4. The molecular formula is C18H20FO2P. The lowest BCUT2D eigenvalue weighted by Crippen LogP contribution is -2.10. The fourth-order valence-electron chi connectivity index (χ4n) is 2.39. The van der Waals surface area contributed by atoms with Crippen LogP contribution in [0.4, 0.5) is 4.39 Å². The molecule has 0 spiro atoms. The zero-order valence-electron chi connectivity index (χ0n) is 12.8. The van der Waals surface area contributed by atoms with E-state index in [-0.39, 0.29) is 5.75 Å². The first-order valence-corrected chi connectivity index (χ1v) is 8.00. The van der Waals surface area contributed by atoms with Gasteiger partial charge in [0.05, 0.1) is 5.56 Å². The minimum absolute atomic E-state index is 0.206. The molecule has 0 N–H and O–H groups in total. The molecule has 0 bridgehead atoms. The highest BCUT2D eigenvalue weighted by molar-refractivity contribution is 7.27. The molecule has 1 atom stereocenters. The van der Waals surface area contributed by atoms with E-state index in [2.05, 4.69) is 23.1 Å². The van der Waals surface area contributed by atoms with Crippen molar-refractivity contribution in [3.63, 3.8) is 0 Å². The summed E-state index contributed by atoms with van der Waals surface area (Å²) >= 11 is 0. The van der Waals surface area contributed by atoms with Gasteiger partial charge in [0, 0.05) is 11.4 Å². The largest absolute Gasteiger partial charge is 0.423 e. The number of esters is 1. The van der Waals surface area contributed by atoms with Gasteiger partial charge in [0.1, 0.15) is 11.6 Å². The van der Waals surface area contributed by atoms with E-state index >= 15 is 0 Å². The number of hydrogen-bond donors (Lipinski definition) is 0. The minimum atomic E-state index is -0.480. The van der Waals surface area contributed by atoms with Crippen LogP contribution < -0.4 is 10.0 Å². The third-order valence-electron chi connectivity index (χ3n) is 3.79. The number of hydrogen-bond acceptors (Lipinski definition) is 2. The van der Waals surface area contributed by atoms with Crippen LogP contribution >= 0.6 is 9.24 Å². The summed E-state index contributed by atoms with van der Waals surface area (Å²) in [5, 5.41) is 0.439. The molecule has 2 rings (SSSR count). The van der Waals surface area contributed by atoms with Crippen LogP contribution in [0.15, 0.2) is 42.5 Å². The molecule has 1 unspecified atom stereocenters. The molecule has 0 amide bonds. The zero-order valence-corrected chi connectivity index (χ0v) is 14.0. The Labute approximate surface area is 132 Å². The lowest BCUT2D eigenvalue weighted by atomic mass is 9.93. The Morgan fingerprint density at radius 3 is 2.32 bits per heavy atom. The van der Waals surface area contributed by atoms with Crippen LogP contribution in [0.5, 0.6) is 5.75 Å². The lowest BCUT2D eigenvalue weighted by molar-refractivity contribution is 0.0734. The van der Waals surface area contributed by atoms with Crippen molar-refractivity contribution >= 4 is 20.5 Å². The summed E-state index contributed by atoms with van der Waals surface area (Å²) < 4.78 is 18.6. The molecular weight excluding hydrogens is 298 g/mol. The number of benzene rings is 2. The Hall–Kier alpha value is -1.73. The number of halogens is 1. The number of rotatable bonds is 5. The van der Waals surface area contributed by atoms with Crippen LogP contribution in [0, 0.1) is 5.82 Å². The summed E-state index contributed by atoms with van der Waals surface area (Å²) in [5.41, 5.74) is 1.69. The van der Waals surface area contributed by atoms with Crippen molar-refractivity contribution in [1.29, 1.82) is 0 Å². The predicted octanol–water partition coefficient (Wildman–Crippen LogP) is 4.45. The molecule has 2 nitrogen and oxygen atoms in total. The highest BCUT2D eigenvalue weighted by Gasteiger charge is 2.12. The summed E-state index contributed by atoms with van der Waals surface area (Å²) in [4.78, 5) is 12.1. The third kappa shape index (κ3) is 3.92. The molecule has 2 aromatic rings. The molecule has 0 aliphatic rings. The highest BCUT2D eigenvalue weighted by atomic mass is 31.0. The van der Waals surface area contributed by atoms with Gasteiger partial charge in [-0.15, -0.1) is 9.24 Å². The summed E-state index contributed by atoms with van der Waals surface area (Å²) in [7, 11) is 2.28. The first-order chi connectivity index (χ1) is 10.5. The third-order valence-corrected chi connectivity index (χ3v) is 4.25. The van der Waals surface area contributed by atoms with Gasteiger partial charge in [-0.3, -0.25) is 0 Å². The first kappa shape index (κ1) is 16.6. The van der Waals surface area contributed by atoms with Crippen LogP contribution in [-0.4, -0.2) is 5.97 Å². The molecule has 0 aromatic heterocycles. The van der Waals surface area contributed by atoms with Crippen molar-refractivity contribution in [3.8, 4) is 5.75 Å². The maximum absolute atomic E-state index is 13.4. The Morgan fingerprint density at radius 1 is 1.14 bits per heavy atom. The van der Waals surface area contributed by atoms with E-state index in [0.29, 0.717) is 16.8 Å². The summed E-state index contributed by atoms with van der Waals surface area (Å²) in [6, 6.07) is 11.8. The standard InChI is InChI=1S/C18H20FO2P/c1-3-12(4-2)13-5-7-14(8-6-13)18(20)21-15-9-10-17(22)16(19)11-15/h5-12H,3-4,22H2,1-2H3. The van der Waals surface area contributed by atoms with Gasteiger partial charge >= 0.3 is 5.97 Å². The smallest absolute Gasteiger partial charge is 0.343 e. The topological polar surface area (TPSA) is 26.3 Å². The Bertz CT molecular complexity index is 649. The van der Waals surface area contributed by atoms with Gasteiger partial charge in [-0.1, -0.05) is 26.0 Å². The molecule has 22 heavy (non-hydrogen) atoms. The molecule has 0 fully saturated rings. The fourth-order valence-corrected chi connectivity index (χ4v) is 2.57. The molecule has 0 heterocycles. The van der Waals surface area contributed by atoms with E-state index in [1.54, 1.807) is 24.3 Å². The van der Waals surface area contributed by atoms with E-state index in [0.717, 1.165) is 12.8 Å². The Balaban J connectivity index is 2.11. The maximum Gasteiger partial charge on any atom is 0.343 e. The molecule has 0 aliphatic carbocycles. The summed E-state index contributed by atoms with van der Waals surface area (Å²) in [6.07, 6.45) is 2.14. The summed E-state index contributed by atoms with van der Waals surface area (Å²) in [6.45, 7) is 4.31. The molecule has 0 radical (unpaired) electrons. The number of carbonyl (C=O) groups is 1. The molecule has 0 saturated heterocycles. The van der Waals surface area contributed by atoms with Crippen LogP contribution in [0.2, 0.25) is 0 Å². The van der Waals surface area contributed by atoms with Crippen molar-refractivity contribution in [2.75, 3.05) is 0 Å². The molecule has 0 aliphatic heterocycles. The van der Waals surface area contributed by atoms with Crippen LogP contribution in [0.1, 0.15) is 48.5 Å². The van der Waals surface area contributed by atoms with Gasteiger partial charge in [0.15, 0.2) is 0 Å². The quantitative estimate of drug-likeness (QED) is 0.462. The van der Waals surface area contributed by atoms with Gasteiger partial charge in [-0.2, -0.15) is 0 Å². The highest BCUT2D eigenvalue weighted by Crippen LogP contribution is 2.23. The van der Waals surface area contributed by atoms with Crippen molar-refractivity contribution in [2.45, 2.75) is 32.6 Å². The number of ether oxygens (including phenoxy) is 1. The van der Waals surface area contributed by atoms with Crippen LogP contribution in [-0.2, 0) is 0 Å². The van der Waals surface area contributed by atoms with Crippen molar-refractivity contribution in [2.24, 2.45) is 0 Å². The average Bonchev–Trinajstić information content (AvgIpc) is 2.53. The lowest BCUT2D eigenvalue weighted by Gasteiger charge is -2.13. The Morgan fingerprint density at radius 2 is 1.77 bits per heavy atom. The number of carbonyl (C=O) groups excluding carboxylic acids is 1. The van der Waals surface area contributed by atoms with Crippen LogP contribution in [0.3, 0.4) is 0 Å². The normalized spacial score (nSPS) is 10.8.